The molecule has 0 aromatic heterocycles. The Balaban J connectivity index is 3.32. The molecule has 1 N–H and O–H groups in total. The Bertz CT molecular complexity index is 139. The van der Waals surface area contributed by atoms with Gasteiger partial charge >= 0.3 is 0 Å². The minimum absolute atomic E-state index is 0.216. The van der Waals surface area contributed by atoms with Crippen LogP contribution in [-0.2, 0) is 0 Å². The molecule has 0 spiro atoms. The molecule has 0 amide bonds. The van der Waals surface area contributed by atoms with Crippen molar-refractivity contribution in [3.05, 3.63) is 0 Å². The van der Waals surface area contributed by atoms with E-state index < -0.39 is 6.10 Å². The molecule has 0 rings (SSSR count). The van der Waals surface area contributed by atoms with Gasteiger partial charge in [-0.1, -0.05) is 32.6 Å². The molecular weight excluding hydrogens is 150 g/mol. The van der Waals surface area contributed by atoms with E-state index in [1.165, 1.54) is 19.3 Å². The number of aliphatic hydroxyl groups is 1. The van der Waals surface area contributed by atoms with Gasteiger partial charge in [0.2, 0.25) is 0 Å². The van der Waals surface area contributed by atoms with Crippen LogP contribution in [0.2, 0.25) is 0 Å². The van der Waals surface area contributed by atoms with Crippen LogP contribution in [0.25, 0.3) is 0 Å². The summed E-state index contributed by atoms with van der Waals surface area (Å²) < 4.78 is 0. The molecule has 0 saturated heterocycles. The Labute approximate surface area is 75.2 Å². The van der Waals surface area contributed by atoms with Crippen molar-refractivity contribution in [2.24, 2.45) is 5.92 Å². The fraction of sp³-hybridized carbons (Fsp3) is 0.900. The number of hydrogen-bond donors (Lipinski definition) is 1. The van der Waals surface area contributed by atoms with Gasteiger partial charge in [-0.3, -0.25) is 0 Å². The summed E-state index contributed by atoms with van der Waals surface area (Å²) in [5, 5.41) is 17.9. The summed E-state index contributed by atoms with van der Waals surface area (Å²) in [5.41, 5.74) is 0. The largest absolute Gasteiger partial charge is 0.392 e. The lowest BCUT2D eigenvalue weighted by Crippen LogP contribution is -2.15. The predicted molar refractivity (Wildman–Crippen MR) is 49.5 cm³/mol. The van der Waals surface area contributed by atoms with Crippen LogP contribution in [-0.4, -0.2) is 11.2 Å². The monoisotopic (exact) mass is 169 g/mol. The molecule has 0 aromatic carbocycles. The van der Waals surface area contributed by atoms with Crippen molar-refractivity contribution in [2.75, 3.05) is 0 Å². The molecular formula is C10H19NO. The summed E-state index contributed by atoms with van der Waals surface area (Å²) in [5.74, 6) is -0.216. The normalized spacial score (nSPS) is 15.2. The van der Waals surface area contributed by atoms with Crippen molar-refractivity contribution < 1.29 is 5.11 Å². The van der Waals surface area contributed by atoms with Crippen LogP contribution < -0.4 is 0 Å². The third-order valence-corrected chi connectivity index (χ3v) is 2.13. The molecule has 70 valence electrons. The van der Waals surface area contributed by atoms with Crippen LogP contribution in [0.4, 0.5) is 0 Å². The molecule has 12 heavy (non-hydrogen) atoms. The minimum atomic E-state index is -0.424. The molecule has 0 radical (unpaired) electrons. The number of nitriles is 1. The third-order valence-electron chi connectivity index (χ3n) is 2.13. The highest BCUT2D eigenvalue weighted by Crippen LogP contribution is 2.11. The summed E-state index contributed by atoms with van der Waals surface area (Å²) in [6, 6.07) is 2.06. The lowest BCUT2D eigenvalue weighted by atomic mass is 10.0. The van der Waals surface area contributed by atoms with Gasteiger partial charge < -0.3 is 5.11 Å². The summed E-state index contributed by atoms with van der Waals surface area (Å²) in [7, 11) is 0. The average Bonchev–Trinajstić information content (AvgIpc) is 2.10. The highest BCUT2D eigenvalue weighted by molar-refractivity contribution is 4.84. The van der Waals surface area contributed by atoms with Gasteiger partial charge in [0.05, 0.1) is 18.1 Å². The fourth-order valence-electron chi connectivity index (χ4n) is 1.12. The van der Waals surface area contributed by atoms with Gasteiger partial charge in [0.15, 0.2) is 0 Å². The summed E-state index contributed by atoms with van der Waals surface area (Å²) in [6.45, 7) is 3.93. The maximum absolute atomic E-state index is 9.39. The topological polar surface area (TPSA) is 44.0 Å². The Morgan fingerprint density at radius 3 is 2.50 bits per heavy atom. The van der Waals surface area contributed by atoms with Gasteiger partial charge in [-0.25, -0.2) is 0 Å². The van der Waals surface area contributed by atoms with Crippen molar-refractivity contribution in [1.29, 1.82) is 5.26 Å². The lowest BCUT2D eigenvalue weighted by Gasteiger charge is -2.11. The van der Waals surface area contributed by atoms with Crippen LogP contribution in [0, 0.1) is 17.2 Å². The van der Waals surface area contributed by atoms with E-state index in [0.29, 0.717) is 0 Å². The standard InChI is InChI=1S/C10H19NO/c1-3-4-5-6-7-10(12)9(2)8-11/h9-10,12H,3-7H2,1-2H3. The molecule has 2 heteroatoms. The molecule has 0 bridgehead atoms. The van der Waals surface area contributed by atoms with E-state index >= 15 is 0 Å². The Morgan fingerprint density at radius 2 is 2.00 bits per heavy atom. The van der Waals surface area contributed by atoms with Gasteiger partial charge in [0.1, 0.15) is 0 Å². The molecule has 2 nitrogen and oxygen atoms in total. The average molecular weight is 169 g/mol. The van der Waals surface area contributed by atoms with E-state index in [-0.39, 0.29) is 5.92 Å². The fourth-order valence-corrected chi connectivity index (χ4v) is 1.12. The molecule has 0 heterocycles. The SMILES string of the molecule is CCCCCCC(O)C(C)C#N. The smallest absolute Gasteiger partial charge is 0.0695 e. The molecule has 0 aliphatic rings. The van der Waals surface area contributed by atoms with Crippen molar-refractivity contribution in [1.82, 2.24) is 0 Å². The van der Waals surface area contributed by atoms with E-state index in [4.69, 9.17) is 5.26 Å². The molecule has 2 unspecified atom stereocenters. The summed E-state index contributed by atoms with van der Waals surface area (Å²) >= 11 is 0. The molecule has 0 fully saturated rings. The number of rotatable bonds is 6. The van der Waals surface area contributed by atoms with Crippen LogP contribution in [0.15, 0.2) is 0 Å². The Hall–Kier alpha value is -0.550. The number of aliphatic hydroxyl groups excluding tert-OH is 1. The van der Waals surface area contributed by atoms with Crippen LogP contribution in [0.5, 0.6) is 0 Å². The van der Waals surface area contributed by atoms with Crippen molar-refractivity contribution in [3.63, 3.8) is 0 Å². The van der Waals surface area contributed by atoms with Gasteiger partial charge in [-0.2, -0.15) is 5.26 Å². The molecule has 0 aromatic rings. The summed E-state index contributed by atoms with van der Waals surface area (Å²) in [4.78, 5) is 0. The molecule has 0 aliphatic carbocycles. The second-order valence-electron chi connectivity index (χ2n) is 3.33. The first-order valence-corrected chi connectivity index (χ1v) is 4.80. The van der Waals surface area contributed by atoms with Crippen LogP contribution in [0.3, 0.4) is 0 Å². The van der Waals surface area contributed by atoms with Crippen LogP contribution >= 0.6 is 0 Å². The zero-order valence-electron chi connectivity index (χ0n) is 8.08. The zero-order valence-corrected chi connectivity index (χ0v) is 8.08. The Kier molecular flexibility index (Phi) is 6.79. The second-order valence-corrected chi connectivity index (χ2v) is 3.33. The van der Waals surface area contributed by atoms with Gasteiger partial charge in [0.25, 0.3) is 0 Å². The third kappa shape index (κ3) is 5.15. The summed E-state index contributed by atoms with van der Waals surface area (Å²) in [6.07, 6.45) is 5.01. The van der Waals surface area contributed by atoms with E-state index in [1.807, 2.05) is 0 Å². The highest BCUT2D eigenvalue weighted by Gasteiger charge is 2.11. The number of nitrogens with zero attached hydrogens (tertiary/aromatic N) is 1. The van der Waals surface area contributed by atoms with Crippen LogP contribution in [0.1, 0.15) is 46.0 Å². The maximum atomic E-state index is 9.39. The maximum Gasteiger partial charge on any atom is 0.0695 e. The first kappa shape index (κ1) is 11.4. The molecule has 2 atom stereocenters. The van der Waals surface area contributed by atoms with Gasteiger partial charge in [-0.05, 0) is 13.3 Å². The van der Waals surface area contributed by atoms with E-state index in [0.717, 1.165) is 12.8 Å². The Morgan fingerprint density at radius 1 is 1.33 bits per heavy atom. The minimum Gasteiger partial charge on any atom is -0.392 e. The second kappa shape index (κ2) is 7.12. The number of unbranched alkanes of at least 4 members (excludes halogenated alkanes) is 3. The highest BCUT2D eigenvalue weighted by atomic mass is 16.3. The van der Waals surface area contributed by atoms with Gasteiger partial charge in [-0.15, -0.1) is 0 Å². The van der Waals surface area contributed by atoms with Crippen molar-refractivity contribution >= 4 is 0 Å². The first-order valence-electron chi connectivity index (χ1n) is 4.80. The quantitative estimate of drug-likeness (QED) is 0.621. The lowest BCUT2D eigenvalue weighted by molar-refractivity contribution is 0.128. The predicted octanol–water partition coefficient (Wildman–Crippen LogP) is 2.48. The first-order chi connectivity index (χ1) is 5.72. The molecule has 0 saturated carbocycles. The van der Waals surface area contributed by atoms with E-state index in [1.54, 1.807) is 6.92 Å². The van der Waals surface area contributed by atoms with E-state index in [2.05, 4.69) is 13.0 Å². The van der Waals surface area contributed by atoms with Crippen molar-refractivity contribution in [2.45, 2.75) is 52.1 Å². The van der Waals surface area contributed by atoms with Gasteiger partial charge in [0, 0.05) is 0 Å². The van der Waals surface area contributed by atoms with E-state index in [9.17, 15) is 5.11 Å². The number of hydrogen-bond acceptors (Lipinski definition) is 2. The zero-order chi connectivity index (χ0) is 9.40. The molecule has 0 aliphatic heterocycles. The van der Waals surface area contributed by atoms with Crippen molar-refractivity contribution in [3.8, 4) is 6.07 Å².